The lowest BCUT2D eigenvalue weighted by molar-refractivity contribution is -0.313. The SMILES string of the molecule is N=C(N)N1CCN(c2ccc(CO[C@H]3CO[C@](Cn4ccnc4)(c4ccccc4Cl)OC3)cc2)CC1. The first-order valence-electron chi connectivity index (χ1n) is 12.1. The Balaban J connectivity index is 1.16. The molecule has 2 aliphatic heterocycles. The van der Waals surface area contributed by atoms with Crippen LogP contribution < -0.4 is 10.6 Å². The van der Waals surface area contributed by atoms with Gasteiger partial charge < -0.3 is 34.3 Å². The average Bonchev–Trinajstić information content (AvgIpc) is 3.42. The molecule has 0 aliphatic carbocycles. The zero-order valence-electron chi connectivity index (χ0n) is 20.1. The van der Waals surface area contributed by atoms with Crippen LogP contribution in [0.15, 0.2) is 67.3 Å². The van der Waals surface area contributed by atoms with E-state index in [1.165, 1.54) is 0 Å². The molecule has 0 amide bonds. The Bertz CT molecular complexity index is 1140. The highest BCUT2D eigenvalue weighted by Gasteiger charge is 2.41. The topological polar surface area (TPSA) is 102 Å². The highest BCUT2D eigenvalue weighted by Crippen LogP contribution is 2.37. The summed E-state index contributed by atoms with van der Waals surface area (Å²) in [5, 5.41) is 8.18. The molecule has 2 aliphatic rings. The van der Waals surface area contributed by atoms with Crippen molar-refractivity contribution < 1.29 is 14.2 Å². The van der Waals surface area contributed by atoms with Crippen LogP contribution in [0.2, 0.25) is 5.02 Å². The minimum atomic E-state index is -1.01. The second kappa shape index (κ2) is 10.9. The molecule has 3 heterocycles. The number of imidazole rings is 1. The van der Waals surface area contributed by atoms with Crippen molar-refractivity contribution in [2.45, 2.75) is 25.0 Å². The monoisotopic (exact) mass is 510 g/mol. The minimum Gasteiger partial charge on any atom is -0.370 e. The molecule has 9 nitrogen and oxygen atoms in total. The number of anilines is 1. The highest BCUT2D eigenvalue weighted by molar-refractivity contribution is 6.31. The standard InChI is InChI=1S/C26H31ClN6O3/c27-24-4-2-1-3-23(24)26(18-31-10-9-30-19-31)35-16-22(17-36-26)34-15-20-5-7-21(8-6-20)32-11-13-33(14-12-32)25(28)29/h1-10,19,22H,11-18H2,(H3,28,29)/t22-,26-. The van der Waals surface area contributed by atoms with Crippen LogP contribution in [0, 0.1) is 5.41 Å². The fraction of sp³-hybridized carbons (Fsp3) is 0.385. The third kappa shape index (κ3) is 5.49. The second-order valence-corrected chi connectivity index (χ2v) is 9.46. The van der Waals surface area contributed by atoms with Gasteiger partial charge in [-0.3, -0.25) is 5.41 Å². The number of nitrogens with one attached hydrogen (secondary N) is 1. The molecule has 3 aromatic rings. The van der Waals surface area contributed by atoms with Crippen LogP contribution in [0.4, 0.5) is 5.69 Å². The minimum absolute atomic E-state index is 0.142. The predicted molar refractivity (Wildman–Crippen MR) is 138 cm³/mol. The molecule has 0 saturated carbocycles. The molecule has 0 spiro atoms. The summed E-state index contributed by atoms with van der Waals surface area (Å²) in [6.45, 7) is 4.90. The van der Waals surface area contributed by atoms with Crippen molar-refractivity contribution in [1.82, 2.24) is 14.5 Å². The van der Waals surface area contributed by atoms with Gasteiger partial charge in [-0.2, -0.15) is 0 Å². The lowest BCUT2D eigenvalue weighted by Gasteiger charge is -2.40. The molecule has 0 bridgehead atoms. The van der Waals surface area contributed by atoms with E-state index in [-0.39, 0.29) is 12.1 Å². The zero-order chi connectivity index (χ0) is 25.0. The van der Waals surface area contributed by atoms with Crippen LogP contribution in [0.3, 0.4) is 0 Å². The number of halogens is 1. The van der Waals surface area contributed by atoms with Gasteiger partial charge in [0.1, 0.15) is 6.10 Å². The normalized spacial score (nSPS) is 22.5. The molecule has 190 valence electrons. The van der Waals surface area contributed by atoms with E-state index < -0.39 is 5.79 Å². The van der Waals surface area contributed by atoms with Crippen molar-refractivity contribution in [2.75, 3.05) is 44.3 Å². The summed E-state index contributed by atoms with van der Waals surface area (Å²) in [4.78, 5) is 8.33. The number of benzene rings is 2. The number of rotatable bonds is 7. The quantitative estimate of drug-likeness (QED) is 0.372. The first-order valence-corrected chi connectivity index (χ1v) is 12.4. The largest absolute Gasteiger partial charge is 0.370 e. The first kappa shape index (κ1) is 24.6. The Morgan fingerprint density at radius 1 is 1.08 bits per heavy atom. The van der Waals surface area contributed by atoms with Crippen molar-refractivity contribution in [3.63, 3.8) is 0 Å². The predicted octanol–water partition coefficient (Wildman–Crippen LogP) is 3.04. The third-order valence-electron chi connectivity index (χ3n) is 6.65. The molecular weight excluding hydrogens is 480 g/mol. The van der Waals surface area contributed by atoms with Crippen molar-refractivity contribution in [3.8, 4) is 0 Å². The fourth-order valence-corrected chi connectivity index (χ4v) is 4.87. The van der Waals surface area contributed by atoms with E-state index in [4.69, 9.17) is 37.0 Å². The molecule has 36 heavy (non-hydrogen) atoms. The molecule has 0 unspecified atom stereocenters. The van der Waals surface area contributed by atoms with E-state index >= 15 is 0 Å². The summed E-state index contributed by atoms with van der Waals surface area (Å²) in [7, 11) is 0. The van der Waals surface area contributed by atoms with Gasteiger partial charge in [0.15, 0.2) is 5.96 Å². The molecule has 3 N–H and O–H groups in total. The summed E-state index contributed by atoms with van der Waals surface area (Å²) in [6, 6.07) is 16.0. The van der Waals surface area contributed by atoms with E-state index in [9.17, 15) is 0 Å². The van der Waals surface area contributed by atoms with Crippen molar-refractivity contribution in [3.05, 3.63) is 83.4 Å². The molecule has 2 aromatic carbocycles. The number of aromatic nitrogens is 2. The molecule has 2 saturated heterocycles. The van der Waals surface area contributed by atoms with E-state index in [1.54, 1.807) is 12.5 Å². The summed E-state index contributed by atoms with van der Waals surface area (Å²) in [5.41, 5.74) is 8.63. The van der Waals surface area contributed by atoms with Gasteiger partial charge >= 0.3 is 0 Å². The van der Waals surface area contributed by atoms with Gasteiger partial charge in [-0.05, 0) is 23.8 Å². The van der Waals surface area contributed by atoms with E-state index in [1.807, 2.05) is 39.9 Å². The molecule has 2 fully saturated rings. The van der Waals surface area contributed by atoms with Crippen LogP contribution in [-0.4, -0.2) is 65.9 Å². The van der Waals surface area contributed by atoms with Crippen LogP contribution in [0.5, 0.6) is 0 Å². The van der Waals surface area contributed by atoms with E-state index in [0.717, 1.165) is 43.0 Å². The second-order valence-electron chi connectivity index (χ2n) is 9.05. The van der Waals surface area contributed by atoms with Gasteiger partial charge in [0, 0.05) is 54.8 Å². The summed E-state index contributed by atoms with van der Waals surface area (Å²) in [5.74, 6) is -0.865. The Kier molecular flexibility index (Phi) is 7.43. The maximum absolute atomic E-state index is 7.58. The zero-order valence-corrected chi connectivity index (χ0v) is 20.8. The van der Waals surface area contributed by atoms with Crippen LogP contribution >= 0.6 is 11.6 Å². The Hall–Kier alpha value is -3.11. The number of hydrogen-bond donors (Lipinski definition) is 2. The maximum Gasteiger partial charge on any atom is 0.215 e. The van der Waals surface area contributed by atoms with Crippen molar-refractivity contribution in [1.29, 1.82) is 5.41 Å². The summed E-state index contributed by atoms with van der Waals surface area (Å²) >= 11 is 6.52. The number of guanidine groups is 1. The number of piperazine rings is 1. The van der Waals surface area contributed by atoms with Gasteiger partial charge in [-0.1, -0.05) is 41.9 Å². The van der Waals surface area contributed by atoms with E-state index in [2.05, 4.69) is 34.1 Å². The highest BCUT2D eigenvalue weighted by atomic mass is 35.5. The van der Waals surface area contributed by atoms with Crippen molar-refractivity contribution in [2.24, 2.45) is 5.73 Å². The number of ether oxygens (including phenoxy) is 3. The lowest BCUT2D eigenvalue weighted by Crippen LogP contribution is -2.50. The number of hydrogen-bond acceptors (Lipinski definition) is 6. The Morgan fingerprint density at radius 3 is 2.44 bits per heavy atom. The molecular formula is C26H31ClN6O3. The molecule has 0 radical (unpaired) electrons. The molecule has 5 rings (SSSR count). The van der Waals surface area contributed by atoms with E-state index in [0.29, 0.717) is 31.4 Å². The third-order valence-corrected chi connectivity index (χ3v) is 6.98. The number of nitrogens with zero attached hydrogens (tertiary/aromatic N) is 4. The van der Waals surface area contributed by atoms with Crippen LogP contribution in [0.1, 0.15) is 11.1 Å². The average molecular weight is 511 g/mol. The van der Waals surface area contributed by atoms with Gasteiger partial charge in [0.05, 0.1) is 32.7 Å². The van der Waals surface area contributed by atoms with Gasteiger partial charge in [-0.15, -0.1) is 0 Å². The van der Waals surface area contributed by atoms with Gasteiger partial charge in [0.2, 0.25) is 5.79 Å². The Morgan fingerprint density at radius 2 is 1.81 bits per heavy atom. The maximum atomic E-state index is 7.58. The lowest BCUT2D eigenvalue weighted by atomic mass is 10.0. The van der Waals surface area contributed by atoms with Gasteiger partial charge in [0.25, 0.3) is 0 Å². The number of nitrogens with two attached hydrogens (primary N) is 1. The molecule has 1 aromatic heterocycles. The summed E-state index contributed by atoms with van der Waals surface area (Å²) in [6.07, 6.45) is 5.15. The Labute approximate surface area is 215 Å². The smallest absolute Gasteiger partial charge is 0.215 e. The fourth-order valence-electron chi connectivity index (χ4n) is 4.59. The van der Waals surface area contributed by atoms with Gasteiger partial charge in [-0.25, -0.2) is 4.98 Å². The van der Waals surface area contributed by atoms with Crippen LogP contribution in [-0.2, 0) is 33.1 Å². The first-order chi connectivity index (χ1) is 17.5. The summed E-state index contributed by atoms with van der Waals surface area (Å²) < 4.78 is 20.7. The van der Waals surface area contributed by atoms with Crippen molar-refractivity contribution >= 4 is 23.2 Å². The molecule has 0 atom stereocenters. The van der Waals surface area contributed by atoms with Crippen LogP contribution in [0.25, 0.3) is 0 Å². The molecule has 10 heteroatoms.